The van der Waals surface area contributed by atoms with Gasteiger partial charge in [-0.25, -0.2) is 9.78 Å². The van der Waals surface area contributed by atoms with Gasteiger partial charge < -0.3 is 19.9 Å². The number of thiophene rings is 1. The van der Waals surface area contributed by atoms with Gasteiger partial charge in [-0.1, -0.05) is 6.07 Å². The van der Waals surface area contributed by atoms with Crippen molar-refractivity contribution < 1.29 is 27.9 Å². The largest absolute Gasteiger partial charge is 0.490 e. The summed E-state index contributed by atoms with van der Waals surface area (Å²) in [6, 6.07) is 12.0. The number of hydrogen-bond acceptors (Lipinski definition) is 5. The van der Waals surface area contributed by atoms with E-state index in [1.165, 1.54) is 5.69 Å². The number of nitrogens with zero attached hydrogens (tertiary/aromatic N) is 3. The van der Waals surface area contributed by atoms with Gasteiger partial charge in [0, 0.05) is 43.1 Å². The number of pyridine rings is 1. The number of carboxylic acids is 1. The number of nitrogens with one attached hydrogen (secondary N) is 1. The predicted octanol–water partition coefficient (Wildman–Crippen LogP) is 4.35. The van der Waals surface area contributed by atoms with Crippen molar-refractivity contribution in [3.05, 3.63) is 70.8 Å². The maximum atomic E-state index is 12.9. The van der Waals surface area contributed by atoms with Gasteiger partial charge in [-0.05, 0) is 48.1 Å². The molecule has 176 valence electrons. The van der Waals surface area contributed by atoms with Gasteiger partial charge in [0.25, 0.3) is 5.91 Å². The third kappa shape index (κ3) is 7.07. The Balaban J connectivity index is 0.000000383. The molecule has 1 atom stereocenters. The molecule has 3 aromatic heterocycles. The summed E-state index contributed by atoms with van der Waals surface area (Å²) < 4.78 is 34.0. The molecule has 4 heterocycles. The van der Waals surface area contributed by atoms with Crippen LogP contribution in [0.1, 0.15) is 22.5 Å². The molecule has 0 saturated carbocycles. The maximum absolute atomic E-state index is 12.9. The molecule has 0 aromatic carbocycles. The number of hydrogen-bond donors (Lipinski definition) is 2. The van der Waals surface area contributed by atoms with Crippen molar-refractivity contribution in [2.75, 3.05) is 18.4 Å². The fraction of sp³-hybridized carbons (Fsp3) is 0.318. The highest BCUT2D eigenvalue weighted by Gasteiger charge is 2.38. The third-order valence-electron chi connectivity index (χ3n) is 5.03. The van der Waals surface area contributed by atoms with E-state index >= 15 is 0 Å². The van der Waals surface area contributed by atoms with Crippen LogP contribution in [0.4, 0.5) is 19.0 Å². The lowest BCUT2D eigenvalue weighted by Gasteiger charge is -2.24. The number of alkyl halides is 3. The van der Waals surface area contributed by atoms with E-state index in [4.69, 9.17) is 9.90 Å². The smallest absolute Gasteiger partial charge is 0.475 e. The van der Waals surface area contributed by atoms with Gasteiger partial charge in [-0.2, -0.15) is 24.5 Å². The van der Waals surface area contributed by atoms with Crippen LogP contribution < -0.4 is 5.32 Å². The van der Waals surface area contributed by atoms with E-state index in [0.29, 0.717) is 12.5 Å². The van der Waals surface area contributed by atoms with E-state index in [2.05, 4.69) is 33.2 Å². The first-order chi connectivity index (χ1) is 15.7. The molecule has 1 aliphatic rings. The fourth-order valence-electron chi connectivity index (χ4n) is 3.46. The van der Waals surface area contributed by atoms with E-state index in [1.54, 1.807) is 17.5 Å². The molecule has 1 unspecified atom stereocenters. The first-order valence-corrected chi connectivity index (χ1v) is 11.1. The number of aromatic nitrogens is 2. The Morgan fingerprint density at radius 3 is 2.61 bits per heavy atom. The summed E-state index contributed by atoms with van der Waals surface area (Å²) in [6.45, 7) is 3.24. The number of anilines is 1. The van der Waals surface area contributed by atoms with Crippen LogP contribution in [0, 0.1) is 5.92 Å². The van der Waals surface area contributed by atoms with Gasteiger partial charge in [-0.3, -0.25) is 4.79 Å². The molecule has 11 heteroatoms. The maximum Gasteiger partial charge on any atom is 0.490 e. The molecule has 0 bridgehead atoms. The lowest BCUT2D eigenvalue weighted by molar-refractivity contribution is -0.192. The highest BCUT2D eigenvalue weighted by atomic mass is 32.1. The first kappa shape index (κ1) is 24.3. The summed E-state index contributed by atoms with van der Waals surface area (Å²) >= 11 is 1.57. The number of halogens is 3. The number of aliphatic carboxylic acids is 1. The minimum atomic E-state index is -5.08. The minimum Gasteiger partial charge on any atom is -0.475 e. The van der Waals surface area contributed by atoms with E-state index < -0.39 is 12.1 Å². The summed E-state index contributed by atoms with van der Waals surface area (Å²) in [5.41, 5.74) is 1.99. The molecular formula is C22H23F3N4O3S. The zero-order valence-electron chi connectivity index (χ0n) is 17.5. The van der Waals surface area contributed by atoms with Gasteiger partial charge in [0.1, 0.15) is 5.82 Å². The predicted molar refractivity (Wildman–Crippen MR) is 118 cm³/mol. The van der Waals surface area contributed by atoms with Crippen LogP contribution >= 0.6 is 11.3 Å². The van der Waals surface area contributed by atoms with Gasteiger partial charge in [0.2, 0.25) is 0 Å². The second-order valence-electron chi connectivity index (χ2n) is 7.45. The molecule has 0 aliphatic carbocycles. The molecule has 1 aliphatic heterocycles. The number of carbonyl (C=O) groups excluding carboxylic acids is 1. The second-order valence-corrected chi connectivity index (χ2v) is 8.23. The number of carbonyl (C=O) groups is 2. The highest BCUT2D eigenvalue weighted by molar-refractivity contribution is 7.08. The van der Waals surface area contributed by atoms with Crippen LogP contribution in [0.5, 0.6) is 0 Å². The van der Waals surface area contributed by atoms with Crippen molar-refractivity contribution in [3.63, 3.8) is 0 Å². The van der Waals surface area contributed by atoms with Gasteiger partial charge in [0.05, 0.1) is 12.1 Å². The van der Waals surface area contributed by atoms with E-state index in [0.717, 1.165) is 37.4 Å². The Bertz CT molecular complexity index is 1040. The lowest BCUT2D eigenvalue weighted by Crippen LogP contribution is -2.34. The summed E-state index contributed by atoms with van der Waals surface area (Å²) in [5.74, 6) is -1.33. The standard InChI is InChI=1S/C20H22N4OS.C2HF3O2/c25-20(17-7-11-26-15-17)24-13-16(12-23-10-3-4-18(23)14-24)6-9-22-19-5-1-2-8-21-19;3-2(4,5)1(6)7/h1-5,7-8,10-11,15-16H,6,9,12-14H2,(H,21,22);(H,6,7). The van der Waals surface area contributed by atoms with Crippen molar-refractivity contribution in [2.45, 2.75) is 25.7 Å². The molecule has 33 heavy (non-hydrogen) atoms. The molecule has 2 N–H and O–H groups in total. The number of rotatable bonds is 5. The topological polar surface area (TPSA) is 87.5 Å². The molecule has 0 spiro atoms. The summed E-state index contributed by atoms with van der Waals surface area (Å²) in [4.78, 5) is 28.1. The zero-order valence-corrected chi connectivity index (χ0v) is 18.4. The van der Waals surface area contributed by atoms with Crippen LogP contribution in [-0.2, 0) is 17.9 Å². The minimum absolute atomic E-state index is 0.128. The average Bonchev–Trinajstić information content (AvgIpc) is 3.43. The van der Waals surface area contributed by atoms with Gasteiger partial charge in [0.15, 0.2) is 0 Å². The monoisotopic (exact) mass is 480 g/mol. The average molecular weight is 481 g/mol. The van der Waals surface area contributed by atoms with Crippen molar-refractivity contribution in [3.8, 4) is 0 Å². The number of amides is 1. The Hall–Kier alpha value is -3.34. The lowest BCUT2D eigenvalue weighted by atomic mass is 10.0. The quantitative estimate of drug-likeness (QED) is 0.567. The molecular weight excluding hydrogens is 457 g/mol. The van der Waals surface area contributed by atoms with E-state index in [9.17, 15) is 18.0 Å². The van der Waals surface area contributed by atoms with Crippen LogP contribution in [-0.4, -0.2) is 50.7 Å². The first-order valence-electron chi connectivity index (χ1n) is 10.1. The van der Waals surface area contributed by atoms with Crippen molar-refractivity contribution >= 4 is 29.0 Å². The Morgan fingerprint density at radius 1 is 1.18 bits per heavy atom. The molecule has 0 radical (unpaired) electrons. The third-order valence-corrected chi connectivity index (χ3v) is 5.71. The van der Waals surface area contributed by atoms with Crippen LogP contribution in [0.25, 0.3) is 0 Å². The number of carboxylic acid groups (broad SMARTS) is 1. The Labute approximate surface area is 192 Å². The Morgan fingerprint density at radius 2 is 1.97 bits per heavy atom. The summed E-state index contributed by atoms with van der Waals surface area (Å²) in [5, 5.41) is 14.4. The van der Waals surface area contributed by atoms with Crippen molar-refractivity contribution in [2.24, 2.45) is 5.92 Å². The van der Waals surface area contributed by atoms with Gasteiger partial charge >= 0.3 is 12.1 Å². The summed E-state index contributed by atoms with van der Waals surface area (Å²) in [6.07, 6.45) is -0.184. The van der Waals surface area contributed by atoms with E-state index in [1.807, 2.05) is 39.9 Å². The van der Waals surface area contributed by atoms with E-state index in [-0.39, 0.29) is 5.91 Å². The fourth-order valence-corrected chi connectivity index (χ4v) is 4.09. The van der Waals surface area contributed by atoms with Crippen LogP contribution in [0.3, 0.4) is 0 Å². The molecule has 7 nitrogen and oxygen atoms in total. The normalized spacial score (nSPS) is 15.6. The SMILES string of the molecule is O=C(O)C(F)(F)F.O=C(c1ccsc1)N1Cc2cccn2CC(CCNc2ccccn2)C1. The van der Waals surface area contributed by atoms with Crippen LogP contribution in [0.2, 0.25) is 0 Å². The zero-order chi connectivity index (χ0) is 23.8. The highest BCUT2D eigenvalue weighted by Crippen LogP contribution is 2.22. The molecule has 4 rings (SSSR count). The molecule has 1 amide bonds. The molecule has 3 aromatic rings. The van der Waals surface area contributed by atoms with Gasteiger partial charge in [-0.15, -0.1) is 0 Å². The number of fused-ring (bicyclic) bond motifs is 1. The van der Waals surface area contributed by atoms with Crippen molar-refractivity contribution in [1.82, 2.24) is 14.5 Å². The molecule has 0 saturated heterocycles. The summed E-state index contributed by atoms with van der Waals surface area (Å²) in [7, 11) is 0. The molecule has 0 fully saturated rings. The Kier molecular flexibility index (Phi) is 8.10. The van der Waals surface area contributed by atoms with Crippen molar-refractivity contribution in [1.29, 1.82) is 0 Å². The van der Waals surface area contributed by atoms with Crippen LogP contribution in [0.15, 0.2) is 59.6 Å². The second kappa shape index (κ2) is 11.0.